The van der Waals surface area contributed by atoms with Gasteiger partial charge in [0.1, 0.15) is 0 Å². The van der Waals surface area contributed by atoms with Gasteiger partial charge in [0.15, 0.2) is 0 Å². The van der Waals surface area contributed by atoms with Gasteiger partial charge >= 0.3 is 0 Å². The molecule has 0 aromatic heterocycles. The summed E-state index contributed by atoms with van der Waals surface area (Å²) in [5.41, 5.74) is -0.510. The van der Waals surface area contributed by atoms with E-state index in [1.165, 1.54) is 12.1 Å². The molecule has 4 N–H and O–H groups in total. The first-order valence-corrected chi connectivity index (χ1v) is 8.98. The highest BCUT2D eigenvalue weighted by atomic mass is 32.2. The van der Waals surface area contributed by atoms with E-state index in [1.54, 1.807) is 19.1 Å². The van der Waals surface area contributed by atoms with Crippen molar-refractivity contribution in [2.75, 3.05) is 11.9 Å². The number of nitro benzene ring substituents is 1. The number of benzene rings is 2. The number of hydrogen-bond donors (Lipinski definition) is 3. The first-order valence-electron chi connectivity index (χ1n) is 7.44. The fourth-order valence-electron chi connectivity index (χ4n) is 2.35. The number of nitrogens with one attached hydrogen (secondary N) is 1. The van der Waals surface area contributed by atoms with Gasteiger partial charge in [0.2, 0.25) is 10.0 Å². The Kier molecular flexibility index (Phi) is 5.41. The highest BCUT2D eigenvalue weighted by molar-refractivity contribution is 7.89. The van der Waals surface area contributed by atoms with Crippen LogP contribution >= 0.6 is 0 Å². The predicted octanol–water partition coefficient (Wildman–Crippen LogP) is 1.95. The lowest BCUT2D eigenvalue weighted by Gasteiger charge is -2.24. The zero-order valence-corrected chi connectivity index (χ0v) is 14.4. The molecule has 0 aliphatic carbocycles. The van der Waals surface area contributed by atoms with Crippen molar-refractivity contribution in [3.63, 3.8) is 0 Å². The van der Waals surface area contributed by atoms with Crippen LogP contribution in [-0.4, -0.2) is 25.0 Å². The summed E-state index contributed by atoms with van der Waals surface area (Å²) in [6, 6.07) is 12.4. The van der Waals surface area contributed by atoms with Crippen LogP contribution in [0.1, 0.15) is 18.9 Å². The van der Waals surface area contributed by atoms with E-state index in [9.17, 15) is 23.6 Å². The molecular formula is C16H19N3O5S. The highest BCUT2D eigenvalue weighted by Gasteiger charge is 2.22. The standard InChI is InChI=1S/C16H19N3O5S/c1-16(20,12-5-3-2-4-6-12)7-8-18-13-9-14(19(21)22)11-15(10-13)25(17,23)24/h2-6,9-11,18,20H,7-8H2,1H3,(H2,17,23,24). The van der Waals surface area contributed by atoms with Crippen molar-refractivity contribution >= 4 is 21.4 Å². The molecule has 0 bridgehead atoms. The van der Waals surface area contributed by atoms with Gasteiger partial charge in [-0.25, -0.2) is 13.6 Å². The van der Waals surface area contributed by atoms with Crippen LogP contribution in [0.4, 0.5) is 11.4 Å². The minimum absolute atomic E-state index is 0.238. The molecule has 0 radical (unpaired) electrons. The van der Waals surface area contributed by atoms with E-state index in [1.807, 2.05) is 18.2 Å². The van der Waals surface area contributed by atoms with Crippen molar-refractivity contribution < 1.29 is 18.4 Å². The lowest BCUT2D eigenvalue weighted by molar-refractivity contribution is -0.385. The monoisotopic (exact) mass is 365 g/mol. The van der Waals surface area contributed by atoms with Crippen LogP contribution in [0.3, 0.4) is 0 Å². The third kappa shape index (κ3) is 4.99. The fraction of sp³-hybridized carbons (Fsp3) is 0.250. The van der Waals surface area contributed by atoms with Crippen molar-refractivity contribution in [2.45, 2.75) is 23.8 Å². The summed E-state index contributed by atoms with van der Waals surface area (Å²) in [6.07, 6.45) is 0.310. The Morgan fingerprint density at radius 1 is 1.24 bits per heavy atom. The third-order valence-corrected chi connectivity index (χ3v) is 4.66. The van der Waals surface area contributed by atoms with E-state index in [0.29, 0.717) is 6.42 Å². The van der Waals surface area contributed by atoms with Crippen molar-refractivity contribution in [3.8, 4) is 0 Å². The number of hydrogen-bond acceptors (Lipinski definition) is 6. The lowest BCUT2D eigenvalue weighted by atomic mass is 9.92. The van der Waals surface area contributed by atoms with Crippen LogP contribution in [0.15, 0.2) is 53.4 Å². The molecule has 1 unspecified atom stereocenters. The van der Waals surface area contributed by atoms with Gasteiger partial charge in [0.05, 0.1) is 15.4 Å². The van der Waals surface area contributed by atoms with Crippen LogP contribution < -0.4 is 10.5 Å². The van der Waals surface area contributed by atoms with Crippen LogP contribution in [0.2, 0.25) is 0 Å². The summed E-state index contributed by atoms with van der Waals surface area (Å²) >= 11 is 0. The maximum Gasteiger partial charge on any atom is 0.272 e. The molecule has 2 aromatic rings. The second-order valence-corrected chi connectivity index (χ2v) is 7.40. The summed E-state index contributed by atoms with van der Waals surface area (Å²) in [4.78, 5) is 9.91. The molecule has 0 heterocycles. The molecule has 1 atom stereocenters. The van der Waals surface area contributed by atoms with Gasteiger partial charge in [0.25, 0.3) is 5.69 Å². The van der Waals surface area contributed by atoms with Crippen LogP contribution in [0.5, 0.6) is 0 Å². The molecule has 0 aliphatic heterocycles. The summed E-state index contributed by atoms with van der Waals surface area (Å²) in [7, 11) is -4.07. The van der Waals surface area contributed by atoms with Crippen molar-refractivity contribution in [2.24, 2.45) is 5.14 Å². The third-order valence-electron chi connectivity index (χ3n) is 3.77. The maximum atomic E-state index is 11.5. The van der Waals surface area contributed by atoms with E-state index >= 15 is 0 Å². The van der Waals surface area contributed by atoms with Crippen LogP contribution in [0, 0.1) is 10.1 Å². The molecule has 134 valence electrons. The molecule has 0 saturated heterocycles. The van der Waals surface area contributed by atoms with Crippen LogP contribution in [-0.2, 0) is 15.6 Å². The van der Waals surface area contributed by atoms with E-state index in [2.05, 4.69) is 5.32 Å². The number of anilines is 1. The number of nitro groups is 1. The van der Waals surface area contributed by atoms with Crippen molar-refractivity contribution in [3.05, 3.63) is 64.2 Å². The van der Waals surface area contributed by atoms with Gasteiger partial charge in [-0.15, -0.1) is 0 Å². The Morgan fingerprint density at radius 3 is 2.44 bits per heavy atom. The van der Waals surface area contributed by atoms with Gasteiger partial charge in [-0.1, -0.05) is 30.3 Å². The Labute approximate surface area is 145 Å². The zero-order chi connectivity index (χ0) is 18.7. The largest absolute Gasteiger partial charge is 0.385 e. The minimum atomic E-state index is -4.07. The van der Waals surface area contributed by atoms with Crippen LogP contribution in [0.25, 0.3) is 0 Å². The summed E-state index contributed by atoms with van der Waals surface area (Å²) < 4.78 is 22.9. The summed E-state index contributed by atoms with van der Waals surface area (Å²) in [6.45, 7) is 1.93. The Hall–Kier alpha value is -2.49. The zero-order valence-electron chi connectivity index (χ0n) is 13.5. The first kappa shape index (κ1) is 18.8. The number of sulfonamides is 1. The van der Waals surface area contributed by atoms with Crippen molar-refractivity contribution in [1.29, 1.82) is 0 Å². The topological polar surface area (TPSA) is 136 Å². The van der Waals surface area contributed by atoms with Crippen molar-refractivity contribution in [1.82, 2.24) is 0 Å². The van der Waals surface area contributed by atoms with E-state index in [-0.39, 0.29) is 22.8 Å². The van der Waals surface area contributed by atoms with Gasteiger partial charge in [-0.3, -0.25) is 10.1 Å². The number of rotatable bonds is 7. The normalized spacial score (nSPS) is 13.9. The smallest absolute Gasteiger partial charge is 0.272 e. The number of non-ortho nitro benzene ring substituents is 1. The maximum absolute atomic E-state index is 11.5. The number of aliphatic hydroxyl groups is 1. The molecule has 0 aliphatic rings. The molecule has 0 saturated carbocycles. The van der Waals surface area contributed by atoms with E-state index < -0.39 is 20.5 Å². The molecule has 9 heteroatoms. The van der Waals surface area contributed by atoms with Gasteiger partial charge in [-0.05, 0) is 25.0 Å². The Morgan fingerprint density at radius 2 is 1.88 bits per heavy atom. The second-order valence-electron chi connectivity index (χ2n) is 5.83. The number of nitrogens with two attached hydrogens (primary N) is 1. The molecule has 0 fully saturated rings. The first-order chi connectivity index (χ1) is 11.6. The van der Waals surface area contributed by atoms with Gasteiger partial charge < -0.3 is 10.4 Å². The average Bonchev–Trinajstić information content (AvgIpc) is 2.54. The average molecular weight is 365 g/mol. The molecule has 2 rings (SSSR count). The Balaban J connectivity index is 2.15. The summed E-state index contributed by atoms with van der Waals surface area (Å²) in [5.74, 6) is 0. The van der Waals surface area contributed by atoms with Gasteiger partial charge in [0, 0.05) is 24.4 Å². The highest BCUT2D eigenvalue weighted by Crippen LogP contribution is 2.26. The Bertz CT molecular complexity index is 867. The molecule has 8 nitrogen and oxygen atoms in total. The summed E-state index contributed by atoms with van der Waals surface area (Å²) in [5, 5.41) is 29.4. The molecule has 0 amide bonds. The molecule has 0 spiro atoms. The quantitative estimate of drug-likeness (QED) is 0.507. The minimum Gasteiger partial charge on any atom is -0.385 e. The fourth-order valence-corrected chi connectivity index (χ4v) is 2.92. The molecule has 2 aromatic carbocycles. The molecular weight excluding hydrogens is 346 g/mol. The van der Waals surface area contributed by atoms with E-state index in [0.717, 1.165) is 11.6 Å². The van der Waals surface area contributed by atoms with E-state index in [4.69, 9.17) is 5.14 Å². The predicted molar refractivity (Wildman–Crippen MR) is 93.6 cm³/mol. The van der Waals surface area contributed by atoms with Gasteiger partial charge in [-0.2, -0.15) is 0 Å². The number of primary sulfonamides is 1. The lowest BCUT2D eigenvalue weighted by Crippen LogP contribution is -2.24. The number of nitrogens with zero attached hydrogens (tertiary/aromatic N) is 1. The molecule has 25 heavy (non-hydrogen) atoms. The second kappa shape index (κ2) is 7.18. The SMILES string of the molecule is CC(O)(CCNc1cc([N+](=O)[O-])cc(S(N)(=O)=O)c1)c1ccccc1.